The molecule has 0 aliphatic heterocycles. The molecule has 21 heavy (non-hydrogen) atoms. The highest BCUT2D eigenvalue weighted by molar-refractivity contribution is 14.1. The van der Waals surface area contributed by atoms with Crippen LogP contribution < -0.4 is 15.8 Å². The highest BCUT2D eigenvalue weighted by Gasteiger charge is 2.09. The van der Waals surface area contributed by atoms with Gasteiger partial charge in [0.05, 0.1) is 12.1 Å². The molecule has 3 N–H and O–H groups in total. The lowest BCUT2D eigenvalue weighted by Gasteiger charge is -2.09. The number of carbonyl (C=O) groups is 1. The number of hydrogen-bond acceptors (Lipinski definition) is 3. The Hall–Kier alpha value is -1.83. The van der Waals surface area contributed by atoms with Gasteiger partial charge < -0.3 is 15.8 Å². The van der Waals surface area contributed by atoms with Crippen LogP contribution in [-0.2, 0) is 0 Å². The van der Waals surface area contributed by atoms with Crippen molar-refractivity contribution in [2.75, 3.05) is 18.9 Å². The zero-order valence-corrected chi connectivity index (χ0v) is 13.3. The SMILES string of the molecule is Nc1ccc(OCCNC(=O)c2ccc(F)cc2I)cc1. The van der Waals surface area contributed by atoms with Crippen molar-refractivity contribution in [3.63, 3.8) is 0 Å². The van der Waals surface area contributed by atoms with E-state index >= 15 is 0 Å². The summed E-state index contributed by atoms with van der Waals surface area (Å²) >= 11 is 1.93. The van der Waals surface area contributed by atoms with Crippen molar-refractivity contribution in [3.05, 3.63) is 57.4 Å². The van der Waals surface area contributed by atoms with Crippen molar-refractivity contribution in [2.24, 2.45) is 0 Å². The van der Waals surface area contributed by atoms with Gasteiger partial charge in [0.2, 0.25) is 0 Å². The predicted molar refractivity (Wildman–Crippen MR) is 87.8 cm³/mol. The molecule has 0 unspecified atom stereocenters. The number of nitrogens with one attached hydrogen (secondary N) is 1. The molecule has 0 fully saturated rings. The number of anilines is 1. The van der Waals surface area contributed by atoms with Gasteiger partial charge in [-0.15, -0.1) is 0 Å². The molecule has 1 amide bonds. The van der Waals surface area contributed by atoms with Crippen LogP contribution in [0.15, 0.2) is 42.5 Å². The first-order valence-electron chi connectivity index (χ1n) is 6.28. The molecule has 2 aromatic rings. The second-order valence-corrected chi connectivity index (χ2v) is 5.46. The zero-order chi connectivity index (χ0) is 15.2. The van der Waals surface area contributed by atoms with E-state index in [0.717, 1.165) is 0 Å². The maximum Gasteiger partial charge on any atom is 0.252 e. The summed E-state index contributed by atoms with van der Waals surface area (Å²) < 4.78 is 19.0. The second kappa shape index (κ2) is 7.26. The highest BCUT2D eigenvalue weighted by Crippen LogP contribution is 2.14. The Morgan fingerprint density at radius 3 is 2.62 bits per heavy atom. The highest BCUT2D eigenvalue weighted by atomic mass is 127. The average molecular weight is 400 g/mol. The lowest BCUT2D eigenvalue weighted by atomic mass is 10.2. The Labute approximate surface area is 135 Å². The number of carbonyl (C=O) groups excluding carboxylic acids is 1. The number of nitrogen functional groups attached to an aromatic ring is 1. The van der Waals surface area contributed by atoms with Gasteiger partial charge in [-0.3, -0.25) is 4.79 Å². The van der Waals surface area contributed by atoms with Crippen molar-refractivity contribution in [3.8, 4) is 5.75 Å². The van der Waals surface area contributed by atoms with E-state index in [4.69, 9.17) is 10.5 Å². The van der Waals surface area contributed by atoms with Crippen LogP contribution in [0.5, 0.6) is 5.75 Å². The number of halogens is 2. The van der Waals surface area contributed by atoms with Crippen LogP contribution in [0.1, 0.15) is 10.4 Å². The standard InChI is InChI=1S/C15H14FIN2O2/c16-10-1-6-13(14(17)9-10)15(20)19-7-8-21-12-4-2-11(18)3-5-12/h1-6,9H,7-8,18H2,(H,19,20). The molecule has 110 valence electrons. The molecule has 0 bridgehead atoms. The van der Waals surface area contributed by atoms with Crippen molar-refractivity contribution >= 4 is 34.2 Å². The molecule has 0 aliphatic rings. The first kappa shape index (κ1) is 15.6. The van der Waals surface area contributed by atoms with Crippen molar-refractivity contribution in [1.29, 1.82) is 0 Å². The molecule has 0 aromatic heterocycles. The molecule has 2 rings (SSSR count). The smallest absolute Gasteiger partial charge is 0.252 e. The van der Waals surface area contributed by atoms with Crippen LogP contribution in [0.25, 0.3) is 0 Å². The minimum absolute atomic E-state index is 0.250. The van der Waals surface area contributed by atoms with Crippen LogP contribution >= 0.6 is 22.6 Å². The molecule has 0 saturated carbocycles. The lowest BCUT2D eigenvalue weighted by molar-refractivity contribution is 0.0946. The van der Waals surface area contributed by atoms with E-state index in [1.807, 2.05) is 22.6 Å². The van der Waals surface area contributed by atoms with E-state index in [-0.39, 0.29) is 11.7 Å². The number of hydrogen-bond donors (Lipinski definition) is 2. The van der Waals surface area contributed by atoms with E-state index in [1.54, 1.807) is 24.3 Å². The van der Waals surface area contributed by atoms with Gasteiger partial charge in [-0.2, -0.15) is 0 Å². The van der Waals surface area contributed by atoms with Gasteiger partial charge in [0, 0.05) is 9.26 Å². The summed E-state index contributed by atoms with van der Waals surface area (Å²) in [7, 11) is 0. The number of benzene rings is 2. The van der Waals surface area contributed by atoms with Gasteiger partial charge in [-0.1, -0.05) is 0 Å². The minimum Gasteiger partial charge on any atom is -0.492 e. The maximum atomic E-state index is 13.0. The minimum atomic E-state index is -0.359. The summed E-state index contributed by atoms with van der Waals surface area (Å²) in [6.07, 6.45) is 0. The third-order valence-electron chi connectivity index (χ3n) is 2.71. The molecule has 0 spiro atoms. The zero-order valence-electron chi connectivity index (χ0n) is 11.1. The monoisotopic (exact) mass is 400 g/mol. The molecule has 0 radical (unpaired) electrons. The fourth-order valence-electron chi connectivity index (χ4n) is 1.67. The van der Waals surface area contributed by atoms with E-state index in [1.165, 1.54) is 18.2 Å². The average Bonchev–Trinajstić information content (AvgIpc) is 2.45. The third-order valence-corrected chi connectivity index (χ3v) is 3.60. The summed E-state index contributed by atoms with van der Waals surface area (Å²) in [5, 5.41) is 2.72. The summed E-state index contributed by atoms with van der Waals surface area (Å²) in [5.41, 5.74) is 6.69. The number of amides is 1. The Bertz CT molecular complexity index is 632. The lowest BCUT2D eigenvalue weighted by Crippen LogP contribution is -2.28. The van der Waals surface area contributed by atoms with E-state index < -0.39 is 0 Å². The third kappa shape index (κ3) is 4.59. The molecular formula is C15H14FIN2O2. The predicted octanol–water partition coefficient (Wildman–Crippen LogP) is 2.82. The molecular weight excluding hydrogens is 386 g/mol. The summed E-state index contributed by atoms with van der Waals surface area (Å²) in [6, 6.07) is 11.1. The Morgan fingerprint density at radius 2 is 1.95 bits per heavy atom. The van der Waals surface area contributed by atoms with Crippen LogP contribution in [0, 0.1) is 9.39 Å². The molecule has 6 heteroatoms. The van der Waals surface area contributed by atoms with Gasteiger partial charge in [0.15, 0.2) is 0 Å². The normalized spacial score (nSPS) is 10.2. The summed E-state index contributed by atoms with van der Waals surface area (Å²) in [4.78, 5) is 11.9. The molecule has 0 saturated heterocycles. The van der Waals surface area contributed by atoms with Crippen molar-refractivity contribution in [2.45, 2.75) is 0 Å². The van der Waals surface area contributed by atoms with Gasteiger partial charge in [-0.05, 0) is 65.1 Å². The number of rotatable bonds is 5. The maximum absolute atomic E-state index is 13.0. The van der Waals surface area contributed by atoms with Crippen LogP contribution in [0.2, 0.25) is 0 Å². The molecule has 2 aromatic carbocycles. The summed E-state index contributed by atoms with van der Waals surface area (Å²) in [5.74, 6) is 0.0813. The molecule has 0 heterocycles. The Kier molecular flexibility index (Phi) is 5.38. The van der Waals surface area contributed by atoms with Gasteiger partial charge in [-0.25, -0.2) is 4.39 Å². The van der Waals surface area contributed by atoms with E-state index in [9.17, 15) is 9.18 Å². The van der Waals surface area contributed by atoms with E-state index in [0.29, 0.717) is 33.7 Å². The first-order valence-corrected chi connectivity index (χ1v) is 7.36. The van der Waals surface area contributed by atoms with Crippen LogP contribution in [-0.4, -0.2) is 19.1 Å². The van der Waals surface area contributed by atoms with Gasteiger partial charge in [0.1, 0.15) is 18.2 Å². The first-order chi connectivity index (χ1) is 10.1. The Balaban J connectivity index is 1.80. The molecule has 4 nitrogen and oxygen atoms in total. The van der Waals surface area contributed by atoms with Crippen molar-refractivity contribution < 1.29 is 13.9 Å². The van der Waals surface area contributed by atoms with E-state index in [2.05, 4.69) is 5.32 Å². The van der Waals surface area contributed by atoms with Gasteiger partial charge in [0.25, 0.3) is 5.91 Å². The molecule has 0 atom stereocenters. The van der Waals surface area contributed by atoms with Gasteiger partial charge >= 0.3 is 0 Å². The second-order valence-electron chi connectivity index (χ2n) is 4.30. The number of nitrogens with two attached hydrogens (primary N) is 1. The Morgan fingerprint density at radius 1 is 1.24 bits per heavy atom. The van der Waals surface area contributed by atoms with Crippen molar-refractivity contribution in [1.82, 2.24) is 5.32 Å². The summed E-state index contributed by atoms with van der Waals surface area (Å²) in [6.45, 7) is 0.699. The fraction of sp³-hybridized carbons (Fsp3) is 0.133. The fourth-order valence-corrected chi connectivity index (χ4v) is 2.39. The largest absolute Gasteiger partial charge is 0.492 e. The van der Waals surface area contributed by atoms with Crippen LogP contribution in [0.4, 0.5) is 10.1 Å². The number of ether oxygens (including phenoxy) is 1. The quantitative estimate of drug-likeness (QED) is 0.461. The van der Waals surface area contributed by atoms with Crippen LogP contribution in [0.3, 0.4) is 0 Å². The molecule has 0 aliphatic carbocycles. The topological polar surface area (TPSA) is 64.3 Å².